The summed E-state index contributed by atoms with van der Waals surface area (Å²) in [6.45, 7) is 0. The van der Waals surface area contributed by atoms with Crippen LogP contribution in [0.4, 0.5) is 0 Å². The van der Waals surface area contributed by atoms with Crippen LogP contribution in [0, 0.1) is 0 Å². The third-order valence-electron chi connectivity index (χ3n) is 3.59. The molecule has 0 unspecified atom stereocenters. The van der Waals surface area contributed by atoms with Crippen LogP contribution in [0.25, 0.3) is 0 Å². The van der Waals surface area contributed by atoms with Crippen LogP contribution < -0.4 is 88.7 Å². The number of carbonyl (C=O) groups excluding carboxylic acids is 2. The molecule has 0 radical (unpaired) electrons. The summed E-state index contributed by atoms with van der Waals surface area (Å²) in [6, 6.07) is 5.26. The van der Waals surface area contributed by atoms with E-state index in [-0.39, 0.29) is 100 Å². The fourth-order valence-electron chi connectivity index (χ4n) is 2.19. The summed E-state index contributed by atoms with van der Waals surface area (Å²) in [5, 5.41) is 0. The van der Waals surface area contributed by atoms with Gasteiger partial charge < -0.3 is 13.7 Å². The first-order chi connectivity index (χ1) is 13.6. The van der Waals surface area contributed by atoms with E-state index < -0.39 is 62.2 Å². The minimum Gasteiger partial charge on any atom is -0.744 e. The Morgan fingerprint density at radius 3 is 1.45 bits per heavy atom. The van der Waals surface area contributed by atoms with Crippen LogP contribution in [0.5, 0.6) is 0 Å². The van der Waals surface area contributed by atoms with E-state index in [4.69, 9.17) is 0 Å². The molecule has 0 atom stereocenters. The molecule has 33 heavy (non-hydrogen) atoms. The first kappa shape index (κ1) is 35.4. The van der Waals surface area contributed by atoms with E-state index in [2.05, 4.69) is 0 Å². The van der Waals surface area contributed by atoms with Crippen LogP contribution in [0.3, 0.4) is 0 Å². The smallest absolute Gasteiger partial charge is 0.744 e. The summed E-state index contributed by atoms with van der Waals surface area (Å²) >= 11 is 0. The molecule has 2 rings (SSSR count). The molecule has 0 amide bonds. The number of hydrogen-bond acceptors (Lipinski definition) is 11. The predicted molar refractivity (Wildman–Crippen MR) is 94.6 cm³/mol. The van der Waals surface area contributed by atoms with E-state index in [0.717, 1.165) is 24.3 Å². The molecule has 2 aromatic rings. The van der Waals surface area contributed by atoms with Crippen molar-refractivity contribution in [1.29, 1.82) is 0 Å². The van der Waals surface area contributed by atoms with Gasteiger partial charge in [-0.2, -0.15) is 0 Å². The molecule has 0 aliphatic rings. The van der Waals surface area contributed by atoms with E-state index in [1.165, 1.54) is 0 Å². The fourth-order valence-corrected chi connectivity index (χ4v) is 3.94. The quantitative estimate of drug-likeness (QED) is 0.139. The van der Waals surface area contributed by atoms with E-state index in [1.54, 1.807) is 0 Å². The van der Waals surface area contributed by atoms with Crippen LogP contribution in [0.1, 0.15) is 20.7 Å². The van der Waals surface area contributed by atoms with Crippen molar-refractivity contribution in [2.24, 2.45) is 0 Å². The maximum atomic E-state index is 12.2. The van der Waals surface area contributed by atoms with Crippen molar-refractivity contribution >= 4 is 41.9 Å². The molecule has 0 spiro atoms. The summed E-state index contributed by atoms with van der Waals surface area (Å²) in [5.41, 5.74) is -0.884. The SMILES string of the molecule is O=C(/C=C\C(=O)c1ccc(S(=O)(=O)[O-])cc1S(=O)(=O)[O-])c1ccc(S(=O)(=O)[O-])cc1.[Na+].[Na+].[Na+]. The number of hydrogen-bond donors (Lipinski definition) is 0. The third-order valence-corrected chi connectivity index (χ3v) is 6.15. The van der Waals surface area contributed by atoms with Gasteiger partial charge in [0.2, 0.25) is 0 Å². The first-order valence-electron chi connectivity index (χ1n) is 7.49. The van der Waals surface area contributed by atoms with Crippen molar-refractivity contribution < 1.29 is 137 Å². The van der Waals surface area contributed by atoms with Gasteiger partial charge in [0, 0.05) is 11.1 Å². The zero-order valence-corrected chi connectivity index (χ0v) is 25.9. The van der Waals surface area contributed by atoms with Crippen molar-refractivity contribution in [3.63, 3.8) is 0 Å². The van der Waals surface area contributed by atoms with Crippen LogP contribution in [-0.4, -0.2) is 50.5 Å². The van der Waals surface area contributed by atoms with Crippen molar-refractivity contribution in [3.8, 4) is 0 Å². The molecular weight excluding hydrogens is 533 g/mol. The Kier molecular flexibility index (Phi) is 14.5. The van der Waals surface area contributed by atoms with Gasteiger partial charge in [-0.3, -0.25) is 9.59 Å². The monoisotopic (exact) mass is 542 g/mol. The summed E-state index contributed by atoms with van der Waals surface area (Å²) in [7, 11) is -15.2. The molecule has 0 saturated carbocycles. The number of carbonyl (C=O) groups is 2. The normalized spacial score (nSPS) is 11.6. The van der Waals surface area contributed by atoms with E-state index in [1.807, 2.05) is 0 Å². The molecule has 160 valence electrons. The molecule has 0 saturated heterocycles. The number of allylic oxidation sites excluding steroid dienone is 2. The molecule has 0 aliphatic carbocycles. The van der Waals surface area contributed by atoms with Gasteiger partial charge in [-0.25, -0.2) is 25.3 Å². The molecule has 0 bridgehead atoms. The summed E-state index contributed by atoms with van der Waals surface area (Å²) in [6.07, 6.45) is 1.28. The van der Waals surface area contributed by atoms with E-state index in [0.29, 0.717) is 24.3 Å². The van der Waals surface area contributed by atoms with Gasteiger partial charge in [-0.05, 0) is 54.6 Å². The van der Waals surface area contributed by atoms with Crippen LogP contribution in [0.15, 0.2) is 69.3 Å². The average Bonchev–Trinajstić information content (AvgIpc) is 2.63. The third kappa shape index (κ3) is 10.0. The fraction of sp³-hybridized carbons (Fsp3) is 0. The van der Waals surface area contributed by atoms with Gasteiger partial charge in [0.1, 0.15) is 30.4 Å². The van der Waals surface area contributed by atoms with Gasteiger partial charge in [-0.15, -0.1) is 0 Å². The number of ketones is 2. The maximum absolute atomic E-state index is 12.2. The second kappa shape index (κ2) is 13.5. The van der Waals surface area contributed by atoms with Gasteiger partial charge in [0.15, 0.2) is 11.6 Å². The second-order valence-corrected chi connectivity index (χ2v) is 9.71. The van der Waals surface area contributed by atoms with Gasteiger partial charge >= 0.3 is 88.7 Å². The van der Waals surface area contributed by atoms with Crippen LogP contribution >= 0.6 is 0 Å². The minimum absolute atomic E-state index is 0. The molecule has 17 heteroatoms. The zero-order chi connectivity index (χ0) is 22.9. The number of rotatable bonds is 7. The van der Waals surface area contributed by atoms with Gasteiger partial charge in [-0.1, -0.05) is 0 Å². The van der Waals surface area contributed by atoms with Crippen LogP contribution in [0.2, 0.25) is 0 Å². The summed E-state index contributed by atoms with van der Waals surface area (Å²) < 4.78 is 99.6. The van der Waals surface area contributed by atoms with E-state index >= 15 is 0 Å². The molecule has 11 nitrogen and oxygen atoms in total. The molecule has 0 aromatic heterocycles. The summed E-state index contributed by atoms with van der Waals surface area (Å²) in [4.78, 5) is 21.4. The molecule has 0 fully saturated rings. The standard InChI is InChI=1S/C16H12O11S3.3Na/c17-14(10-1-3-11(4-2-10)28(19,20)21)7-8-15(18)13-6-5-12(29(22,23)24)9-16(13)30(25,26)27;;;/h1-9H,(H,19,20,21)(H,22,23,24)(H,25,26,27);;;/q;3*+1/p-3/b8-7-;;;. The molecule has 0 aliphatic heterocycles. The topological polar surface area (TPSA) is 206 Å². The second-order valence-electron chi connectivity index (χ2n) is 5.61. The molecule has 0 heterocycles. The van der Waals surface area contributed by atoms with Gasteiger partial charge in [0.05, 0.1) is 14.7 Å². The zero-order valence-electron chi connectivity index (χ0n) is 17.4. The Balaban J connectivity index is 0. The minimum atomic E-state index is -5.35. The van der Waals surface area contributed by atoms with Gasteiger partial charge in [0.25, 0.3) is 0 Å². The predicted octanol–water partition coefficient (Wildman–Crippen LogP) is -8.97. The largest absolute Gasteiger partial charge is 1.00 e. The van der Waals surface area contributed by atoms with Crippen molar-refractivity contribution in [3.05, 3.63) is 65.7 Å². The molecule has 2 aromatic carbocycles. The average molecular weight is 542 g/mol. The van der Waals surface area contributed by atoms with Crippen LogP contribution in [-0.2, 0) is 30.4 Å². The Hall–Kier alpha value is 0.250. The maximum Gasteiger partial charge on any atom is 1.00 e. The van der Waals surface area contributed by atoms with Crippen molar-refractivity contribution in [2.45, 2.75) is 14.7 Å². The first-order valence-corrected chi connectivity index (χ1v) is 11.7. The summed E-state index contributed by atoms with van der Waals surface area (Å²) in [5.74, 6) is -1.99. The Morgan fingerprint density at radius 1 is 0.606 bits per heavy atom. The molecule has 0 N–H and O–H groups in total. The van der Waals surface area contributed by atoms with E-state index in [9.17, 15) is 48.5 Å². The Bertz CT molecular complexity index is 1380. The van der Waals surface area contributed by atoms with Crippen molar-refractivity contribution in [2.75, 3.05) is 0 Å². The Morgan fingerprint density at radius 2 is 1.03 bits per heavy atom. The number of benzene rings is 2. The Labute approximate surface area is 256 Å². The van der Waals surface area contributed by atoms with Crippen molar-refractivity contribution in [1.82, 2.24) is 0 Å². The molecular formula is C16H9Na3O11S3.